The minimum Gasteiger partial charge on any atom is -0.493 e. The van der Waals surface area contributed by atoms with Gasteiger partial charge in [-0.1, -0.05) is 36.4 Å². The number of amides is 1. The maximum atomic E-state index is 12.2. The van der Waals surface area contributed by atoms with Crippen LogP contribution < -0.4 is 10.1 Å². The van der Waals surface area contributed by atoms with Crippen LogP contribution >= 0.6 is 15.9 Å². The third-order valence-corrected chi connectivity index (χ3v) is 4.42. The van der Waals surface area contributed by atoms with E-state index in [0.29, 0.717) is 13.0 Å². The summed E-state index contributed by atoms with van der Waals surface area (Å²) in [6.07, 6.45) is -0.0929. The molecule has 0 fully saturated rings. The molecular formula is C21H24BrNO5. The lowest BCUT2D eigenvalue weighted by atomic mass is 10.1. The summed E-state index contributed by atoms with van der Waals surface area (Å²) in [5, 5.41) is 2.77. The second-order valence-corrected chi connectivity index (χ2v) is 6.96. The molecule has 28 heavy (non-hydrogen) atoms. The quantitative estimate of drug-likeness (QED) is 0.579. The molecule has 1 unspecified atom stereocenters. The van der Waals surface area contributed by atoms with Crippen LogP contribution in [0.1, 0.15) is 25.0 Å². The molecule has 6 nitrogen and oxygen atoms in total. The van der Waals surface area contributed by atoms with E-state index in [1.54, 1.807) is 0 Å². The molecule has 0 heterocycles. The first kappa shape index (κ1) is 21.8. The first-order chi connectivity index (χ1) is 13.5. The molecule has 1 amide bonds. The molecule has 0 radical (unpaired) electrons. The topological polar surface area (TPSA) is 73.9 Å². The Morgan fingerprint density at radius 3 is 2.46 bits per heavy atom. The number of hydrogen-bond acceptors (Lipinski definition) is 5. The lowest BCUT2D eigenvalue weighted by Gasteiger charge is -2.19. The number of benzene rings is 2. The van der Waals surface area contributed by atoms with E-state index in [2.05, 4.69) is 21.2 Å². The van der Waals surface area contributed by atoms with Crippen molar-refractivity contribution in [2.45, 2.75) is 32.9 Å². The monoisotopic (exact) mass is 449 g/mol. The molecular weight excluding hydrogens is 426 g/mol. The number of alkyl carbamates (subject to hydrolysis) is 1. The Kier molecular flexibility index (Phi) is 8.81. The molecule has 0 aliphatic rings. The average molecular weight is 450 g/mol. The van der Waals surface area contributed by atoms with Crippen LogP contribution in [0.3, 0.4) is 0 Å². The van der Waals surface area contributed by atoms with E-state index in [1.165, 1.54) is 6.92 Å². The van der Waals surface area contributed by atoms with Crippen molar-refractivity contribution < 1.29 is 23.8 Å². The SMILES string of the molecule is CCOc1ccc(CC(COC(C)=O)NC(=O)OCc2ccccc2)cc1Br. The molecule has 7 heteroatoms. The fraction of sp³-hybridized carbons (Fsp3) is 0.333. The van der Waals surface area contributed by atoms with Gasteiger partial charge in [0.2, 0.25) is 0 Å². The van der Waals surface area contributed by atoms with Gasteiger partial charge in [-0.2, -0.15) is 0 Å². The standard InChI is InChI=1S/C21H24BrNO5/c1-3-26-20-10-9-17(12-19(20)22)11-18(14-27-15(2)24)23-21(25)28-13-16-7-5-4-6-8-16/h4-10,12,18H,3,11,13-14H2,1-2H3,(H,23,25). The van der Waals surface area contributed by atoms with E-state index in [-0.39, 0.29) is 13.2 Å². The Labute approximate surface area is 173 Å². The van der Waals surface area contributed by atoms with Crippen molar-refractivity contribution in [3.05, 3.63) is 64.1 Å². The summed E-state index contributed by atoms with van der Waals surface area (Å²) in [7, 11) is 0. The number of nitrogens with one attached hydrogen (secondary N) is 1. The Morgan fingerprint density at radius 1 is 1.07 bits per heavy atom. The summed E-state index contributed by atoms with van der Waals surface area (Å²) in [6.45, 7) is 4.04. The van der Waals surface area contributed by atoms with E-state index >= 15 is 0 Å². The van der Waals surface area contributed by atoms with Crippen molar-refractivity contribution in [2.75, 3.05) is 13.2 Å². The summed E-state index contributed by atoms with van der Waals surface area (Å²) in [4.78, 5) is 23.3. The highest BCUT2D eigenvalue weighted by Crippen LogP contribution is 2.26. The van der Waals surface area contributed by atoms with Crippen molar-refractivity contribution in [3.8, 4) is 5.75 Å². The van der Waals surface area contributed by atoms with Gasteiger partial charge in [0.25, 0.3) is 0 Å². The first-order valence-corrected chi connectivity index (χ1v) is 9.79. The Bertz CT molecular complexity index is 782. The van der Waals surface area contributed by atoms with Crippen molar-refractivity contribution >= 4 is 28.0 Å². The number of rotatable bonds is 9. The zero-order chi connectivity index (χ0) is 20.4. The number of ether oxygens (including phenoxy) is 3. The normalized spacial score (nSPS) is 11.4. The van der Waals surface area contributed by atoms with Crippen LogP contribution in [0.5, 0.6) is 5.75 Å². The van der Waals surface area contributed by atoms with Crippen LogP contribution in [-0.2, 0) is 27.3 Å². The van der Waals surface area contributed by atoms with Crippen molar-refractivity contribution in [1.82, 2.24) is 5.32 Å². The van der Waals surface area contributed by atoms with Gasteiger partial charge in [-0.25, -0.2) is 4.79 Å². The van der Waals surface area contributed by atoms with Crippen LogP contribution in [-0.4, -0.2) is 31.3 Å². The highest BCUT2D eigenvalue weighted by molar-refractivity contribution is 9.10. The lowest BCUT2D eigenvalue weighted by molar-refractivity contribution is -0.141. The predicted molar refractivity (Wildman–Crippen MR) is 109 cm³/mol. The highest BCUT2D eigenvalue weighted by atomic mass is 79.9. The van der Waals surface area contributed by atoms with Crippen LogP contribution in [0.15, 0.2) is 53.0 Å². The molecule has 0 aliphatic heterocycles. The molecule has 2 aromatic rings. The second-order valence-electron chi connectivity index (χ2n) is 6.11. The van der Waals surface area contributed by atoms with Crippen molar-refractivity contribution in [3.63, 3.8) is 0 Å². The molecule has 0 bridgehead atoms. The summed E-state index contributed by atoms with van der Waals surface area (Å²) in [5.41, 5.74) is 1.85. The number of esters is 1. The molecule has 1 atom stereocenters. The van der Waals surface area contributed by atoms with E-state index < -0.39 is 18.1 Å². The van der Waals surface area contributed by atoms with Gasteiger partial charge in [-0.15, -0.1) is 0 Å². The van der Waals surface area contributed by atoms with Gasteiger partial charge in [0.05, 0.1) is 17.1 Å². The third-order valence-electron chi connectivity index (χ3n) is 3.80. The predicted octanol–water partition coefficient (Wildman–Crippen LogP) is 4.25. The van der Waals surface area contributed by atoms with Gasteiger partial charge in [-0.3, -0.25) is 4.79 Å². The largest absolute Gasteiger partial charge is 0.493 e. The molecule has 0 spiro atoms. The summed E-state index contributed by atoms with van der Waals surface area (Å²) in [6, 6.07) is 14.7. The van der Waals surface area contributed by atoms with Gasteiger partial charge < -0.3 is 19.5 Å². The Balaban J connectivity index is 1.97. The summed E-state index contributed by atoms with van der Waals surface area (Å²) < 4.78 is 16.7. The molecule has 2 aromatic carbocycles. The van der Waals surface area contributed by atoms with Gasteiger partial charge in [0, 0.05) is 6.92 Å². The van der Waals surface area contributed by atoms with Crippen LogP contribution in [0.25, 0.3) is 0 Å². The number of carbonyl (C=O) groups is 2. The lowest BCUT2D eigenvalue weighted by Crippen LogP contribution is -2.40. The number of hydrogen-bond donors (Lipinski definition) is 1. The zero-order valence-electron chi connectivity index (χ0n) is 15.9. The highest BCUT2D eigenvalue weighted by Gasteiger charge is 2.17. The Morgan fingerprint density at radius 2 is 1.82 bits per heavy atom. The van der Waals surface area contributed by atoms with E-state index in [4.69, 9.17) is 14.2 Å². The maximum absolute atomic E-state index is 12.2. The Hall–Kier alpha value is -2.54. The number of carbonyl (C=O) groups excluding carboxylic acids is 2. The smallest absolute Gasteiger partial charge is 0.407 e. The molecule has 150 valence electrons. The molecule has 0 aliphatic carbocycles. The molecule has 1 N–H and O–H groups in total. The fourth-order valence-corrected chi connectivity index (χ4v) is 3.07. The second kappa shape index (κ2) is 11.3. The summed E-state index contributed by atoms with van der Waals surface area (Å²) >= 11 is 3.48. The minimum absolute atomic E-state index is 0.0562. The molecule has 0 saturated carbocycles. The molecule has 2 rings (SSSR count). The zero-order valence-corrected chi connectivity index (χ0v) is 17.5. The van der Waals surface area contributed by atoms with Crippen LogP contribution in [0, 0.1) is 0 Å². The van der Waals surface area contributed by atoms with Gasteiger partial charge >= 0.3 is 12.1 Å². The molecule has 0 saturated heterocycles. The average Bonchev–Trinajstić information content (AvgIpc) is 2.67. The van der Waals surface area contributed by atoms with Gasteiger partial charge in [-0.05, 0) is 52.5 Å². The fourth-order valence-electron chi connectivity index (χ4n) is 2.53. The van der Waals surface area contributed by atoms with E-state index in [9.17, 15) is 9.59 Å². The van der Waals surface area contributed by atoms with E-state index in [1.807, 2.05) is 55.5 Å². The number of halogens is 1. The van der Waals surface area contributed by atoms with Gasteiger partial charge in [0.15, 0.2) is 0 Å². The minimum atomic E-state index is -0.564. The van der Waals surface area contributed by atoms with E-state index in [0.717, 1.165) is 21.3 Å². The third kappa shape index (κ3) is 7.60. The van der Waals surface area contributed by atoms with Crippen LogP contribution in [0.4, 0.5) is 4.79 Å². The first-order valence-electron chi connectivity index (χ1n) is 8.99. The summed E-state index contributed by atoms with van der Waals surface area (Å²) in [5.74, 6) is 0.343. The molecule has 0 aromatic heterocycles. The van der Waals surface area contributed by atoms with Crippen molar-refractivity contribution in [1.29, 1.82) is 0 Å². The van der Waals surface area contributed by atoms with Crippen molar-refractivity contribution in [2.24, 2.45) is 0 Å². The maximum Gasteiger partial charge on any atom is 0.407 e. The van der Waals surface area contributed by atoms with Crippen LogP contribution in [0.2, 0.25) is 0 Å². The van der Waals surface area contributed by atoms with Gasteiger partial charge in [0.1, 0.15) is 19.0 Å².